The van der Waals surface area contributed by atoms with Gasteiger partial charge in [-0.2, -0.15) is 5.10 Å². The van der Waals surface area contributed by atoms with Crippen LogP contribution in [0.15, 0.2) is 35.5 Å². The van der Waals surface area contributed by atoms with Crippen molar-refractivity contribution in [1.82, 2.24) is 9.78 Å². The predicted molar refractivity (Wildman–Crippen MR) is 78.3 cm³/mol. The van der Waals surface area contributed by atoms with Gasteiger partial charge in [0, 0.05) is 25.4 Å². The van der Waals surface area contributed by atoms with Crippen LogP contribution < -0.4 is 4.31 Å². The lowest BCUT2D eigenvalue weighted by Crippen LogP contribution is -2.31. The normalized spacial score (nSPS) is 18.9. The predicted octanol–water partition coefficient (Wildman–Crippen LogP) is 1.58. The summed E-state index contributed by atoms with van der Waals surface area (Å²) in [5.41, 5.74) is 0.611. The van der Waals surface area contributed by atoms with Crippen LogP contribution in [0.25, 0.3) is 0 Å². The van der Waals surface area contributed by atoms with Crippen molar-refractivity contribution in [1.29, 1.82) is 0 Å². The molecule has 8 heteroatoms. The van der Waals surface area contributed by atoms with Crippen LogP contribution in [-0.2, 0) is 17.1 Å². The van der Waals surface area contributed by atoms with Gasteiger partial charge in [0.15, 0.2) is 0 Å². The molecule has 1 aromatic heterocycles. The molecule has 1 aromatic carbocycles. The molecule has 0 saturated carbocycles. The van der Waals surface area contributed by atoms with Gasteiger partial charge >= 0.3 is 0 Å². The van der Waals surface area contributed by atoms with E-state index >= 15 is 0 Å². The van der Waals surface area contributed by atoms with Crippen LogP contribution in [0, 0.1) is 5.82 Å². The van der Waals surface area contributed by atoms with E-state index in [9.17, 15) is 17.9 Å². The van der Waals surface area contributed by atoms with Gasteiger partial charge in [-0.15, -0.1) is 0 Å². The summed E-state index contributed by atoms with van der Waals surface area (Å²) in [6.07, 6.45) is 2.69. The smallest absolute Gasteiger partial charge is 0.267 e. The van der Waals surface area contributed by atoms with E-state index in [0.717, 1.165) is 0 Å². The number of rotatable bonds is 2. The van der Waals surface area contributed by atoms with Crippen LogP contribution in [-0.4, -0.2) is 29.8 Å². The third-order valence-corrected chi connectivity index (χ3v) is 5.49. The molecular weight excluding hydrogens is 309 g/mol. The van der Waals surface area contributed by atoms with Crippen molar-refractivity contribution in [2.75, 3.05) is 10.8 Å². The molecular formula is C14H16FN3O3S. The van der Waals surface area contributed by atoms with Gasteiger partial charge in [-0.1, -0.05) is 0 Å². The molecule has 22 heavy (non-hydrogen) atoms. The fourth-order valence-electron chi connectivity index (χ4n) is 2.63. The van der Waals surface area contributed by atoms with Gasteiger partial charge in [0.25, 0.3) is 10.0 Å². The van der Waals surface area contributed by atoms with Crippen molar-refractivity contribution in [3.05, 3.63) is 42.0 Å². The Bertz CT molecular complexity index is 803. The molecule has 1 N–H and O–H groups in total. The molecule has 2 aromatic rings. The summed E-state index contributed by atoms with van der Waals surface area (Å²) in [5, 5.41) is 14.0. The summed E-state index contributed by atoms with van der Waals surface area (Å²) in [4.78, 5) is 0.0710. The van der Waals surface area contributed by atoms with E-state index in [-0.39, 0.29) is 11.4 Å². The highest BCUT2D eigenvalue weighted by Crippen LogP contribution is 2.36. The number of anilines is 1. The van der Waals surface area contributed by atoms with E-state index in [0.29, 0.717) is 24.1 Å². The molecule has 0 saturated heterocycles. The molecule has 0 spiro atoms. The van der Waals surface area contributed by atoms with Gasteiger partial charge in [-0.3, -0.25) is 8.99 Å². The van der Waals surface area contributed by atoms with Crippen molar-refractivity contribution in [2.24, 2.45) is 7.05 Å². The van der Waals surface area contributed by atoms with E-state index in [4.69, 9.17) is 0 Å². The number of aryl methyl sites for hydroxylation is 1. The second-order valence-electron chi connectivity index (χ2n) is 5.29. The first kappa shape index (κ1) is 15.0. The Morgan fingerprint density at radius 1 is 1.41 bits per heavy atom. The fourth-order valence-corrected chi connectivity index (χ4v) is 4.15. The second kappa shape index (κ2) is 5.36. The van der Waals surface area contributed by atoms with Crippen molar-refractivity contribution in [3.8, 4) is 0 Å². The molecule has 0 unspecified atom stereocenters. The lowest BCUT2D eigenvalue weighted by molar-refractivity contribution is 0.168. The molecule has 118 valence electrons. The van der Waals surface area contributed by atoms with Crippen LogP contribution >= 0.6 is 0 Å². The third kappa shape index (κ3) is 2.48. The molecule has 1 aliphatic heterocycles. The monoisotopic (exact) mass is 325 g/mol. The minimum atomic E-state index is -3.80. The summed E-state index contributed by atoms with van der Waals surface area (Å²) in [6, 6.07) is 3.78. The van der Waals surface area contributed by atoms with Crippen LogP contribution in [0.3, 0.4) is 0 Å². The molecule has 2 heterocycles. The molecule has 0 fully saturated rings. The highest BCUT2D eigenvalue weighted by Gasteiger charge is 2.31. The SMILES string of the molecule is Cn1cc(S(=O)(=O)N2CCC[C@@H](O)c3cc(F)ccc32)cn1. The largest absolute Gasteiger partial charge is 0.388 e. The Kier molecular flexibility index (Phi) is 3.65. The zero-order chi connectivity index (χ0) is 15.9. The number of halogens is 1. The zero-order valence-corrected chi connectivity index (χ0v) is 12.8. The van der Waals surface area contributed by atoms with Gasteiger partial charge in [-0.05, 0) is 31.0 Å². The molecule has 6 nitrogen and oxygen atoms in total. The van der Waals surface area contributed by atoms with E-state index in [1.165, 1.54) is 39.6 Å². The first-order valence-electron chi connectivity index (χ1n) is 6.88. The minimum absolute atomic E-state index is 0.0710. The molecule has 0 aliphatic carbocycles. The highest BCUT2D eigenvalue weighted by molar-refractivity contribution is 7.92. The van der Waals surface area contributed by atoms with Crippen molar-refractivity contribution >= 4 is 15.7 Å². The number of aliphatic hydroxyl groups excluding tert-OH is 1. The van der Waals surface area contributed by atoms with E-state index in [2.05, 4.69) is 5.10 Å². The highest BCUT2D eigenvalue weighted by atomic mass is 32.2. The van der Waals surface area contributed by atoms with Gasteiger partial charge < -0.3 is 5.11 Å². The van der Waals surface area contributed by atoms with E-state index in [1.54, 1.807) is 7.05 Å². The zero-order valence-electron chi connectivity index (χ0n) is 12.0. The quantitative estimate of drug-likeness (QED) is 0.910. The molecule has 1 atom stereocenters. The molecule has 0 amide bonds. The Hall–Kier alpha value is -1.93. The number of fused-ring (bicyclic) bond motifs is 1. The summed E-state index contributed by atoms with van der Waals surface area (Å²) < 4.78 is 41.7. The molecule has 0 radical (unpaired) electrons. The number of hydrogen-bond donors (Lipinski definition) is 1. The van der Waals surface area contributed by atoms with Gasteiger partial charge in [0.05, 0.1) is 18.0 Å². The first-order chi connectivity index (χ1) is 10.4. The summed E-state index contributed by atoms with van der Waals surface area (Å²) in [6.45, 7) is 0.229. The Morgan fingerprint density at radius 2 is 2.18 bits per heavy atom. The lowest BCUT2D eigenvalue weighted by Gasteiger charge is -2.24. The van der Waals surface area contributed by atoms with Crippen LogP contribution in [0.4, 0.5) is 10.1 Å². The Labute approximate surface area is 127 Å². The molecule has 1 aliphatic rings. The average molecular weight is 325 g/mol. The number of hydrogen-bond acceptors (Lipinski definition) is 4. The van der Waals surface area contributed by atoms with Crippen LogP contribution in [0.1, 0.15) is 24.5 Å². The topological polar surface area (TPSA) is 75.4 Å². The van der Waals surface area contributed by atoms with Crippen molar-refractivity contribution < 1.29 is 17.9 Å². The second-order valence-corrected chi connectivity index (χ2v) is 7.15. The summed E-state index contributed by atoms with van der Waals surface area (Å²) in [5.74, 6) is -0.501. The Balaban J connectivity index is 2.13. The van der Waals surface area contributed by atoms with Gasteiger partial charge in [-0.25, -0.2) is 12.8 Å². The lowest BCUT2D eigenvalue weighted by atomic mass is 10.0. The first-order valence-corrected chi connectivity index (χ1v) is 8.32. The number of aliphatic hydroxyl groups is 1. The van der Waals surface area contributed by atoms with Crippen LogP contribution in [0.2, 0.25) is 0 Å². The molecule has 3 rings (SSSR count). The minimum Gasteiger partial charge on any atom is -0.388 e. The van der Waals surface area contributed by atoms with Gasteiger partial charge in [0.1, 0.15) is 10.7 Å². The van der Waals surface area contributed by atoms with E-state index < -0.39 is 21.9 Å². The number of sulfonamides is 1. The average Bonchev–Trinajstić information content (AvgIpc) is 2.84. The van der Waals surface area contributed by atoms with Crippen molar-refractivity contribution in [2.45, 2.75) is 23.8 Å². The fraction of sp³-hybridized carbons (Fsp3) is 0.357. The van der Waals surface area contributed by atoms with E-state index in [1.807, 2.05) is 0 Å². The number of nitrogens with zero attached hydrogens (tertiary/aromatic N) is 3. The summed E-state index contributed by atoms with van der Waals surface area (Å²) in [7, 11) is -2.16. The van der Waals surface area contributed by atoms with Gasteiger partial charge in [0.2, 0.25) is 0 Å². The molecule has 0 bridgehead atoms. The maximum Gasteiger partial charge on any atom is 0.267 e. The standard InChI is InChI=1S/C14H16FN3O3S/c1-17-9-11(8-16-17)22(20,21)18-6-2-3-14(19)12-7-10(15)4-5-13(12)18/h4-5,7-9,14,19H,2-3,6H2,1H3/t14-/m1/s1. The Morgan fingerprint density at radius 3 is 2.86 bits per heavy atom. The third-order valence-electron chi connectivity index (χ3n) is 3.73. The number of benzene rings is 1. The summed E-state index contributed by atoms with van der Waals surface area (Å²) >= 11 is 0. The van der Waals surface area contributed by atoms with Crippen LogP contribution in [0.5, 0.6) is 0 Å². The maximum atomic E-state index is 13.5. The van der Waals surface area contributed by atoms with Crippen molar-refractivity contribution in [3.63, 3.8) is 0 Å². The maximum absolute atomic E-state index is 13.5. The number of aromatic nitrogens is 2.